The van der Waals surface area contributed by atoms with Crippen LogP contribution < -0.4 is 11.1 Å². The van der Waals surface area contributed by atoms with Crippen molar-refractivity contribution in [2.24, 2.45) is 0 Å². The second kappa shape index (κ2) is 8.24. The molecule has 0 radical (unpaired) electrons. The number of furan rings is 1. The van der Waals surface area contributed by atoms with E-state index >= 15 is 0 Å². The van der Waals surface area contributed by atoms with Gasteiger partial charge >= 0.3 is 0 Å². The van der Waals surface area contributed by atoms with E-state index in [9.17, 15) is 9.65 Å². The lowest BCUT2D eigenvalue weighted by molar-refractivity contribution is 0.561. The van der Waals surface area contributed by atoms with E-state index in [0.717, 1.165) is 5.69 Å². The highest BCUT2D eigenvalue weighted by Crippen LogP contribution is 2.27. The van der Waals surface area contributed by atoms with Gasteiger partial charge in [-0.2, -0.15) is 20.2 Å². The summed E-state index contributed by atoms with van der Waals surface area (Å²) in [5.41, 5.74) is 7.00. The summed E-state index contributed by atoms with van der Waals surface area (Å²) in [4.78, 5) is 12.4. The average Bonchev–Trinajstić information content (AvgIpc) is 3.21. The fourth-order valence-corrected chi connectivity index (χ4v) is 2.74. The van der Waals surface area contributed by atoms with Crippen LogP contribution in [0.3, 0.4) is 0 Å². The van der Waals surface area contributed by atoms with Crippen molar-refractivity contribution in [3.05, 3.63) is 84.1 Å². The van der Waals surface area contributed by atoms with Crippen molar-refractivity contribution in [3.63, 3.8) is 0 Å². The highest BCUT2D eigenvalue weighted by Gasteiger charge is 2.13. The van der Waals surface area contributed by atoms with Gasteiger partial charge in [0.05, 0.1) is 5.56 Å². The molecule has 0 amide bonds. The molecule has 4 aromatic rings. The van der Waals surface area contributed by atoms with Crippen molar-refractivity contribution in [2.45, 2.75) is 0 Å². The van der Waals surface area contributed by atoms with Gasteiger partial charge in [0, 0.05) is 11.8 Å². The summed E-state index contributed by atoms with van der Waals surface area (Å²) < 4.78 is 19.6. The van der Waals surface area contributed by atoms with E-state index in [0.29, 0.717) is 17.1 Å². The van der Waals surface area contributed by atoms with Crippen LogP contribution in [0.4, 0.5) is 22.0 Å². The Kier molecular flexibility index (Phi) is 5.17. The Morgan fingerprint density at radius 1 is 1.00 bits per heavy atom. The van der Waals surface area contributed by atoms with Crippen LogP contribution in [0.1, 0.15) is 11.6 Å². The van der Waals surface area contributed by atoms with Crippen LogP contribution in [0, 0.1) is 17.1 Å². The summed E-state index contributed by atoms with van der Waals surface area (Å²) in [5.74, 6) is 0.555. The second-order valence-corrected chi connectivity index (χ2v) is 6.18. The summed E-state index contributed by atoms with van der Waals surface area (Å²) in [7, 11) is 0. The maximum atomic E-state index is 14.0. The summed E-state index contributed by atoms with van der Waals surface area (Å²) in [5, 5.41) is 12.6. The average molecular weight is 398 g/mol. The topological polar surface area (TPSA) is 114 Å². The van der Waals surface area contributed by atoms with Crippen molar-refractivity contribution in [3.8, 4) is 17.4 Å². The number of nitrogens with zero attached hydrogens (tertiary/aromatic N) is 4. The van der Waals surface area contributed by atoms with Gasteiger partial charge in [-0.25, -0.2) is 4.39 Å². The molecular weight excluding hydrogens is 383 g/mol. The molecule has 2 heterocycles. The Bertz CT molecular complexity index is 1260. The molecule has 0 bridgehead atoms. The summed E-state index contributed by atoms with van der Waals surface area (Å²) in [6, 6.07) is 20.9. The number of para-hydroxylation sites is 1. The van der Waals surface area contributed by atoms with Gasteiger partial charge in [0.15, 0.2) is 5.82 Å². The molecule has 146 valence electrons. The zero-order valence-corrected chi connectivity index (χ0v) is 15.6. The number of nitrogens with two attached hydrogens (primary N) is 1. The van der Waals surface area contributed by atoms with Crippen LogP contribution in [0.15, 0.2) is 71.1 Å². The van der Waals surface area contributed by atoms with Crippen molar-refractivity contribution in [1.29, 1.82) is 5.26 Å². The number of rotatable bonds is 5. The molecule has 0 aliphatic rings. The maximum absolute atomic E-state index is 14.0. The van der Waals surface area contributed by atoms with Gasteiger partial charge in [-0.3, -0.25) is 0 Å². The molecular formula is C22H15FN6O. The Balaban J connectivity index is 1.65. The Morgan fingerprint density at radius 3 is 2.53 bits per heavy atom. The number of aromatic nitrogens is 3. The minimum atomic E-state index is -0.398. The molecule has 3 N–H and O–H groups in total. The molecule has 0 aliphatic heterocycles. The zero-order valence-electron chi connectivity index (χ0n) is 15.6. The van der Waals surface area contributed by atoms with Crippen molar-refractivity contribution in [2.75, 3.05) is 11.1 Å². The molecule has 2 aromatic carbocycles. The molecule has 2 aromatic heterocycles. The van der Waals surface area contributed by atoms with Crippen LogP contribution in [0.25, 0.3) is 23.0 Å². The summed E-state index contributed by atoms with van der Waals surface area (Å²) in [6.07, 6.45) is 1.46. The first-order valence-electron chi connectivity index (χ1n) is 8.93. The van der Waals surface area contributed by atoms with Crippen LogP contribution in [0.5, 0.6) is 0 Å². The number of hydrogen-bond donors (Lipinski definition) is 2. The first-order valence-corrected chi connectivity index (χ1v) is 8.93. The van der Waals surface area contributed by atoms with E-state index in [1.807, 2.05) is 36.4 Å². The Hall–Kier alpha value is -4.51. The Labute approximate surface area is 171 Å². The summed E-state index contributed by atoms with van der Waals surface area (Å²) >= 11 is 0. The lowest BCUT2D eigenvalue weighted by atomic mass is 10.1. The number of halogens is 1. The van der Waals surface area contributed by atoms with E-state index in [1.165, 1.54) is 12.1 Å². The van der Waals surface area contributed by atoms with Crippen LogP contribution in [-0.4, -0.2) is 15.0 Å². The van der Waals surface area contributed by atoms with Gasteiger partial charge in [-0.1, -0.05) is 30.3 Å². The monoisotopic (exact) mass is 398 g/mol. The number of nitriles is 1. The van der Waals surface area contributed by atoms with Crippen molar-refractivity contribution >= 4 is 29.2 Å². The third-order valence-corrected chi connectivity index (χ3v) is 4.10. The predicted molar refractivity (Wildman–Crippen MR) is 112 cm³/mol. The molecule has 8 heteroatoms. The number of benzene rings is 2. The first kappa shape index (κ1) is 18.8. The van der Waals surface area contributed by atoms with E-state index in [1.54, 1.807) is 30.3 Å². The smallest absolute Gasteiger partial charge is 0.232 e. The predicted octanol–water partition coefficient (Wildman–Crippen LogP) is 4.66. The van der Waals surface area contributed by atoms with Gasteiger partial charge in [0.1, 0.15) is 29.0 Å². The van der Waals surface area contributed by atoms with E-state index < -0.39 is 5.82 Å². The second-order valence-electron chi connectivity index (χ2n) is 6.18. The standard InChI is InChI=1S/C22H15FN6O/c23-18-9-5-4-8-17(18)19-11-10-16(30-19)12-14(13-24)20-27-21(25)29-22(28-20)26-15-6-2-1-3-7-15/h1-12H,(H3,25,26,27,28,29)/b14-12+. The quantitative estimate of drug-likeness (QED) is 0.470. The zero-order chi connectivity index (χ0) is 20.9. The SMILES string of the molecule is N#C/C(=C\c1ccc(-c2ccccc2F)o1)c1nc(N)nc(Nc2ccccc2)n1. The minimum absolute atomic E-state index is 0.0360. The lowest BCUT2D eigenvalue weighted by Gasteiger charge is -2.06. The highest BCUT2D eigenvalue weighted by molar-refractivity contribution is 5.86. The molecule has 0 atom stereocenters. The molecule has 0 saturated heterocycles. The van der Waals surface area contributed by atoms with Gasteiger partial charge in [0.2, 0.25) is 11.9 Å². The largest absolute Gasteiger partial charge is 0.457 e. The molecule has 7 nitrogen and oxygen atoms in total. The first-order chi connectivity index (χ1) is 14.6. The number of allylic oxidation sites excluding steroid dienone is 1. The van der Waals surface area contributed by atoms with Crippen LogP contribution in [-0.2, 0) is 0 Å². The number of anilines is 3. The molecule has 4 rings (SSSR count). The Morgan fingerprint density at radius 2 is 1.77 bits per heavy atom. The van der Waals surface area contributed by atoms with Gasteiger partial charge in [-0.05, 0) is 36.4 Å². The number of hydrogen-bond acceptors (Lipinski definition) is 7. The van der Waals surface area contributed by atoms with Crippen LogP contribution >= 0.6 is 0 Å². The van der Waals surface area contributed by atoms with E-state index in [2.05, 4.69) is 20.3 Å². The summed E-state index contributed by atoms with van der Waals surface area (Å²) in [6.45, 7) is 0. The highest BCUT2D eigenvalue weighted by atomic mass is 19.1. The van der Waals surface area contributed by atoms with Crippen molar-refractivity contribution < 1.29 is 8.81 Å². The molecule has 0 spiro atoms. The molecule has 0 saturated carbocycles. The molecule has 0 fully saturated rings. The van der Waals surface area contributed by atoms with E-state index in [-0.39, 0.29) is 23.3 Å². The lowest BCUT2D eigenvalue weighted by Crippen LogP contribution is -2.06. The third kappa shape index (κ3) is 4.15. The van der Waals surface area contributed by atoms with E-state index in [4.69, 9.17) is 10.2 Å². The van der Waals surface area contributed by atoms with Crippen molar-refractivity contribution in [1.82, 2.24) is 15.0 Å². The maximum Gasteiger partial charge on any atom is 0.232 e. The number of nitrogens with one attached hydrogen (secondary N) is 1. The minimum Gasteiger partial charge on any atom is -0.457 e. The van der Waals surface area contributed by atoms with Gasteiger partial charge < -0.3 is 15.5 Å². The van der Waals surface area contributed by atoms with Crippen LogP contribution in [0.2, 0.25) is 0 Å². The van der Waals surface area contributed by atoms with Gasteiger partial charge in [0.25, 0.3) is 0 Å². The molecule has 30 heavy (non-hydrogen) atoms. The fraction of sp³-hybridized carbons (Fsp3) is 0. The fourth-order valence-electron chi connectivity index (χ4n) is 2.74. The molecule has 0 aliphatic carbocycles. The normalized spacial score (nSPS) is 11.1. The molecule has 0 unspecified atom stereocenters. The van der Waals surface area contributed by atoms with Gasteiger partial charge in [-0.15, -0.1) is 0 Å². The third-order valence-electron chi connectivity index (χ3n) is 4.10. The number of nitrogen functional groups attached to an aromatic ring is 1.